The van der Waals surface area contributed by atoms with Crippen molar-refractivity contribution in [2.24, 2.45) is 5.92 Å². The maximum atomic E-state index is 12.6. The Morgan fingerprint density at radius 3 is 2.57 bits per heavy atom. The maximum absolute atomic E-state index is 12.6. The van der Waals surface area contributed by atoms with E-state index in [-0.39, 0.29) is 23.9 Å². The largest absolute Gasteiger partial charge is 0.353 e. The Labute approximate surface area is 127 Å². The molecule has 2 unspecified atom stereocenters. The van der Waals surface area contributed by atoms with Crippen molar-refractivity contribution < 1.29 is 9.59 Å². The minimum Gasteiger partial charge on any atom is -0.353 e. The van der Waals surface area contributed by atoms with Crippen molar-refractivity contribution >= 4 is 11.8 Å². The van der Waals surface area contributed by atoms with Crippen LogP contribution in [0.1, 0.15) is 52.4 Å². The van der Waals surface area contributed by atoms with Crippen molar-refractivity contribution in [1.29, 1.82) is 0 Å². The first-order valence-electron chi connectivity index (χ1n) is 8.43. The predicted octanol–water partition coefficient (Wildman–Crippen LogP) is 1.28. The molecule has 2 rings (SSSR count). The molecule has 21 heavy (non-hydrogen) atoms. The van der Waals surface area contributed by atoms with Crippen LogP contribution in [0.25, 0.3) is 0 Å². The third-order valence-corrected chi connectivity index (χ3v) is 4.68. The third kappa shape index (κ3) is 4.43. The molecule has 2 atom stereocenters. The van der Waals surface area contributed by atoms with E-state index in [4.69, 9.17) is 0 Å². The molecule has 120 valence electrons. The standard InChI is InChI=1S/C16H29N3O2/c1-3-5-14(20)18-13-7-10-19(11-8-13)16(21)15-12(2)6-4-9-17-15/h12-13,15,17H,3-11H2,1-2H3,(H,18,20). The molecular weight excluding hydrogens is 266 g/mol. The van der Waals surface area contributed by atoms with Crippen molar-refractivity contribution in [2.45, 2.75) is 64.5 Å². The highest BCUT2D eigenvalue weighted by Crippen LogP contribution is 2.19. The van der Waals surface area contributed by atoms with Crippen LogP contribution in [0.2, 0.25) is 0 Å². The molecule has 0 aromatic rings. The van der Waals surface area contributed by atoms with Gasteiger partial charge in [-0.3, -0.25) is 9.59 Å². The molecule has 0 radical (unpaired) electrons. The fourth-order valence-electron chi connectivity index (χ4n) is 3.35. The third-order valence-electron chi connectivity index (χ3n) is 4.68. The Morgan fingerprint density at radius 2 is 1.95 bits per heavy atom. The average molecular weight is 295 g/mol. The molecular formula is C16H29N3O2. The lowest BCUT2D eigenvalue weighted by atomic mass is 9.91. The van der Waals surface area contributed by atoms with Gasteiger partial charge in [0.05, 0.1) is 6.04 Å². The highest BCUT2D eigenvalue weighted by Gasteiger charge is 2.32. The molecule has 2 aliphatic heterocycles. The van der Waals surface area contributed by atoms with Crippen LogP contribution in [-0.4, -0.2) is 48.4 Å². The summed E-state index contributed by atoms with van der Waals surface area (Å²) in [7, 11) is 0. The first-order valence-corrected chi connectivity index (χ1v) is 8.43. The highest BCUT2D eigenvalue weighted by atomic mass is 16.2. The second-order valence-corrected chi connectivity index (χ2v) is 6.47. The van der Waals surface area contributed by atoms with Crippen LogP contribution in [-0.2, 0) is 9.59 Å². The van der Waals surface area contributed by atoms with E-state index in [2.05, 4.69) is 17.6 Å². The van der Waals surface area contributed by atoms with E-state index < -0.39 is 0 Å². The fourth-order valence-corrected chi connectivity index (χ4v) is 3.35. The number of rotatable bonds is 4. The molecule has 0 aliphatic carbocycles. The summed E-state index contributed by atoms with van der Waals surface area (Å²) in [5.74, 6) is 0.818. The van der Waals surface area contributed by atoms with E-state index >= 15 is 0 Å². The first kappa shape index (κ1) is 16.3. The Hall–Kier alpha value is -1.10. The minimum absolute atomic E-state index is 0.00928. The molecule has 2 saturated heterocycles. The molecule has 2 aliphatic rings. The smallest absolute Gasteiger partial charge is 0.239 e. The topological polar surface area (TPSA) is 61.4 Å². The summed E-state index contributed by atoms with van der Waals surface area (Å²) < 4.78 is 0. The molecule has 0 aromatic carbocycles. The van der Waals surface area contributed by atoms with Gasteiger partial charge in [-0.1, -0.05) is 13.8 Å². The molecule has 0 bridgehead atoms. The van der Waals surface area contributed by atoms with E-state index in [9.17, 15) is 9.59 Å². The van der Waals surface area contributed by atoms with Crippen molar-refractivity contribution in [3.63, 3.8) is 0 Å². The highest BCUT2D eigenvalue weighted by molar-refractivity contribution is 5.82. The van der Waals surface area contributed by atoms with Gasteiger partial charge in [0.15, 0.2) is 0 Å². The first-order chi connectivity index (χ1) is 10.1. The van der Waals surface area contributed by atoms with E-state index in [1.165, 1.54) is 0 Å². The van der Waals surface area contributed by atoms with Crippen molar-refractivity contribution in [1.82, 2.24) is 15.5 Å². The van der Waals surface area contributed by atoms with Gasteiger partial charge in [-0.25, -0.2) is 0 Å². The van der Waals surface area contributed by atoms with E-state index in [0.29, 0.717) is 12.3 Å². The fraction of sp³-hybridized carbons (Fsp3) is 0.875. The molecule has 2 N–H and O–H groups in total. The number of carbonyl (C=O) groups is 2. The van der Waals surface area contributed by atoms with Crippen LogP contribution in [0.5, 0.6) is 0 Å². The number of hydrogen-bond acceptors (Lipinski definition) is 3. The van der Waals surface area contributed by atoms with Crippen LogP contribution in [0, 0.1) is 5.92 Å². The van der Waals surface area contributed by atoms with Crippen molar-refractivity contribution in [3.8, 4) is 0 Å². The van der Waals surface area contributed by atoms with Gasteiger partial charge in [-0.05, 0) is 44.6 Å². The van der Waals surface area contributed by atoms with Gasteiger partial charge < -0.3 is 15.5 Å². The summed E-state index contributed by atoms with van der Waals surface area (Å²) in [6.07, 6.45) is 5.53. The zero-order valence-corrected chi connectivity index (χ0v) is 13.4. The zero-order chi connectivity index (χ0) is 15.2. The van der Waals surface area contributed by atoms with Gasteiger partial charge in [0.2, 0.25) is 11.8 Å². The molecule has 0 saturated carbocycles. The van der Waals surface area contributed by atoms with Crippen LogP contribution in [0.15, 0.2) is 0 Å². The second-order valence-electron chi connectivity index (χ2n) is 6.47. The molecule has 2 fully saturated rings. The lowest BCUT2D eigenvalue weighted by Gasteiger charge is -2.37. The van der Waals surface area contributed by atoms with Gasteiger partial charge in [-0.2, -0.15) is 0 Å². The second kappa shape index (κ2) is 7.78. The van der Waals surface area contributed by atoms with Crippen molar-refractivity contribution in [2.75, 3.05) is 19.6 Å². The molecule has 5 nitrogen and oxygen atoms in total. The Morgan fingerprint density at radius 1 is 1.24 bits per heavy atom. The lowest BCUT2D eigenvalue weighted by molar-refractivity contribution is -0.136. The summed E-state index contributed by atoms with van der Waals surface area (Å²) in [6, 6.07) is 0.231. The Bertz CT molecular complexity index is 365. The number of nitrogens with zero attached hydrogens (tertiary/aromatic N) is 1. The number of likely N-dealkylation sites (tertiary alicyclic amines) is 1. The minimum atomic E-state index is -0.00928. The van der Waals surface area contributed by atoms with Gasteiger partial charge in [0, 0.05) is 25.6 Å². The van der Waals surface area contributed by atoms with Gasteiger partial charge in [0.25, 0.3) is 0 Å². The number of amides is 2. The van der Waals surface area contributed by atoms with E-state index in [0.717, 1.165) is 51.7 Å². The summed E-state index contributed by atoms with van der Waals surface area (Å²) >= 11 is 0. The predicted molar refractivity (Wildman–Crippen MR) is 82.8 cm³/mol. The number of nitrogens with one attached hydrogen (secondary N) is 2. The quantitative estimate of drug-likeness (QED) is 0.821. The van der Waals surface area contributed by atoms with Gasteiger partial charge in [0.1, 0.15) is 0 Å². The van der Waals surface area contributed by atoms with E-state index in [1.807, 2.05) is 11.8 Å². The maximum Gasteiger partial charge on any atom is 0.239 e. The number of piperidine rings is 2. The Balaban J connectivity index is 1.77. The summed E-state index contributed by atoms with van der Waals surface area (Å²) in [5.41, 5.74) is 0. The zero-order valence-electron chi connectivity index (χ0n) is 13.4. The average Bonchev–Trinajstić information content (AvgIpc) is 2.48. The van der Waals surface area contributed by atoms with Crippen LogP contribution >= 0.6 is 0 Å². The number of hydrogen-bond donors (Lipinski definition) is 2. The molecule has 5 heteroatoms. The van der Waals surface area contributed by atoms with Gasteiger partial charge >= 0.3 is 0 Å². The molecule has 2 heterocycles. The molecule has 0 aromatic heterocycles. The van der Waals surface area contributed by atoms with Crippen LogP contribution in [0.3, 0.4) is 0 Å². The Kier molecular flexibility index (Phi) is 6.03. The molecule has 2 amide bonds. The van der Waals surface area contributed by atoms with Crippen LogP contribution < -0.4 is 10.6 Å². The number of carbonyl (C=O) groups excluding carboxylic acids is 2. The normalized spacial score (nSPS) is 27.4. The SMILES string of the molecule is CCCC(=O)NC1CCN(C(=O)C2NCCCC2C)CC1. The van der Waals surface area contributed by atoms with Crippen LogP contribution in [0.4, 0.5) is 0 Å². The van der Waals surface area contributed by atoms with E-state index in [1.54, 1.807) is 0 Å². The summed E-state index contributed by atoms with van der Waals surface area (Å²) in [6.45, 7) is 6.65. The van der Waals surface area contributed by atoms with Crippen molar-refractivity contribution in [3.05, 3.63) is 0 Å². The summed E-state index contributed by atoms with van der Waals surface area (Å²) in [5, 5.41) is 6.44. The lowest BCUT2D eigenvalue weighted by Crippen LogP contribution is -2.55. The monoisotopic (exact) mass is 295 g/mol. The molecule has 0 spiro atoms. The summed E-state index contributed by atoms with van der Waals surface area (Å²) in [4.78, 5) is 26.2. The van der Waals surface area contributed by atoms with Gasteiger partial charge in [-0.15, -0.1) is 0 Å².